The third-order valence-electron chi connectivity index (χ3n) is 3.83. The average Bonchev–Trinajstić information content (AvgIpc) is 3.07. The summed E-state index contributed by atoms with van der Waals surface area (Å²) in [5.74, 6) is -0.206. The van der Waals surface area contributed by atoms with E-state index in [1.807, 2.05) is 43.3 Å². The Labute approximate surface area is 151 Å². The van der Waals surface area contributed by atoms with Crippen LogP contribution in [-0.2, 0) is 6.42 Å². The van der Waals surface area contributed by atoms with Crippen LogP contribution in [0.2, 0.25) is 0 Å². The van der Waals surface area contributed by atoms with E-state index in [4.69, 9.17) is 0 Å². The van der Waals surface area contributed by atoms with Gasteiger partial charge in [0.1, 0.15) is 5.01 Å². The number of amides is 1. The third-order valence-corrected chi connectivity index (χ3v) is 4.73. The molecule has 0 radical (unpaired) electrons. The van der Waals surface area contributed by atoms with Crippen LogP contribution in [0.5, 0.6) is 0 Å². The van der Waals surface area contributed by atoms with Gasteiger partial charge < -0.3 is 0 Å². The molecular formula is C19H20N4OS. The number of benzene rings is 1. The van der Waals surface area contributed by atoms with Crippen LogP contribution in [0.1, 0.15) is 40.8 Å². The van der Waals surface area contributed by atoms with Crippen molar-refractivity contribution in [1.29, 1.82) is 0 Å². The second-order valence-electron chi connectivity index (χ2n) is 5.75. The van der Waals surface area contributed by atoms with Crippen LogP contribution >= 0.6 is 11.3 Å². The summed E-state index contributed by atoms with van der Waals surface area (Å²) in [5, 5.41) is 12.5. The maximum Gasteiger partial charge on any atom is 0.259 e. The lowest BCUT2D eigenvalue weighted by atomic mass is 10.1. The lowest BCUT2D eigenvalue weighted by Gasteiger charge is -2.07. The molecule has 0 saturated heterocycles. The van der Waals surface area contributed by atoms with E-state index < -0.39 is 0 Å². The molecule has 0 aliphatic carbocycles. The number of unbranched alkanes of at least 4 members (excludes halogenated alkanes) is 1. The lowest BCUT2D eigenvalue weighted by Crippen LogP contribution is -2.14. The van der Waals surface area contributed by atoms with Crippen molar-refractivity contribution in [3.05, 3.63) is 58.7 Å². The van der Waals surface area contributed by atoms with Crippen molar-refractivity contribution in [2.24, 2.45) is 0 Å². The van der Waals surface area contributed by atoms with Crippen molar-refractivity contribution >= 4 is 22.4 Å². The summed E-state index contributed by atoms with van der Waals surface area (Å²) in [7, 11) is 0. The van der Waals surface area contributed by atoms with E-state index in [1.165, 1.54) is 11.3 Å². The Morgan fingerprint density at radius 2 is 1.92 bits per heavy atom. The second-order valence-corrected chi connectivity index (χ2v) is 6.82. The van der Waals surface area contributed by atoms with Gasteiger partial charge in [-0.2, -0.15) is 0 Å². The fourth-order valence-electron chi connectivity index (χ4n) is 2.47. The van der Waals surface area contributed by atoms with E-state index in [0.717, 1.165) is 35.5 Å². The zero-order valence-electron chi connectivity index (χ0n) is 14.3. The van der Waals surface area contributed by atoms with Crippen LogP contribution < -0.4 is 5.32 Å². The molecule has 3 aromatic rings. The van der Waals surface area contributed by atoms with Gasteiger partial charge in [0.25, 0.3) is 5.91 Å². The molecule has 0 unspecified atom stereocenters. The molecule has 128 valence electrons. The number of nitrogens with zero attached hydrogens (tertiary/aromatic N) is 3. The highest BCUT2D eigenvalue weighted by Crippen LogP contribution is 2.21. The summed E-state index contributed by atoms with van der Waals surface area (Å²) < 4.78 is 0. The molecule has 0 bridgehead atoms. The van der Waals surface area contributed by atoms with Crippen molar-refractivity contribution in [3.8, 4) is 11.3 Å². The molecule has 2 aromatic heterocycles. The zero-order chi connectivity index (χ0) is 17.6. The van der Waals surface area contributed by atoms with E-state index in [0.29, 0.717) is 16.4 Å². The van der Waals surface area contributed by atoms with Gasteiger partial charge in [0.15, 0.2) is 0 Å². The number of nitrogens with one attached hydrogen (secondary N) is 1. The topological polar surface area (TPSA) is 67.8 Å². The summed E-state index contributed by atoms with van der Waals surface area (Å²) in [5.41, 5.74) is 3.12. The molecule has 0 aliphatic rings. The molecular weight excluding hydrogens is 332 g/mol. The molecule has 0 aliphatic heterocycles. The fourth-order valence-corrected chi connectivity index (χ4v) is 3.24. The summed E-state index contributed by atoms with van der Waals surface area (Å²) in [6.45, 7) is 3.98. The van der Waals surface area contributed by atoms with Gasteiger partial charge in [-0.05, 0) is 25.5 Å². The molecule has 1 N–H and O–H groups in total. The van der Waals surface area contributed by atoms with Crippen molar-refractivity contribution in [2.45, 2.75) is 33.1 Å². The molecule has 0 fully saturated rings. The number of aromatic nitrogens is 3. The van der Waals surface area contributed by atoms with Gasteiger partial charge in [0.05, 0.1) is 17.0 Å². The maximum atomic E-state index is 12.5. The Hall–Kier alpha value is -2.60. The molecule has 0 spiro atoms. The number of anilines is 1. The number of carbonyl (C=O) groups is 1. The van der Waals surface area contributed by atoms with Crippen molar-refractivity contribution in [1.82, 2.24) is 15.2 Å². The van der Waals surface area contributed by atoms with E-state index in [1.54, 1.807) is 6.07 Å². The fraction of sp³-hybridized carbons (Fsp3) is 0.263. The molecule has 6 heteroatoms. The second kappa shape index (κ2) is 7.98. The van der Waals surface area contributed by atoms with Gasteiger partial charge in [-0.1, -0.05) is 55.0 Å². The highest BCUT2D eigenvalue weighted by molar-refractivity contribution is 7.15. The Balaban J connectivity index is 1.73. The minimum Gasteiger partial charge on any atom is -0.296 e. The molecule has 0 saturated carbocycles. The first-order valence-electron chi connectivity index (χ1n) is 8.34. The molecule has 1 amide bonds. The van der Waals surface area contributed by atoms with Crippen LogP contribution in [0.3, 0.4) is 0 Å². The zero-order valence-corrected chi connectivity index (χ0v) is 15.1. The van der Waals surface area contributed by atoms with E-state index in [-0.39, 0.29) is 5.91 Å². The number of carbonyl (C=O) groups excluding carboxylic acids is 1. The quantitative estimate of drug-likeness (QED) is 0.709. The number of rotatable bonds is 6. The largest absolute Gasteiger partial charge is 0.296 e. The minimum absolute atomic E-state index is 0.206. The monoisotopic (exact) mass is 352 g/mol. The van der Waals surface area contributed by atoms with E-state index in [9.17, 15) is 4.79 Å². The SMILES string of the molecule is CCCCc1nnc(NC(=O)c2ccc(-c3ccccc3)nc2C)s1. The number of aryl methyl sites for hydroxylation is 2. The number of hydrogen-bond acceptors (Lipinski definition) is 5. The molecule has 0 atom stereocenters. The van der Waals surface area contributed by atoms with Gasteiger partial charge in [0, 0.05) is 12.0 Å². The Morgan fingerprint density at radius 3 is 2.64 bits per heavy atom. The minimum atomic E-state index is -0.206. The smallest absolute Gasteiger partial charge is 0.259 e. The molecule has 3 rings (SSSR count). The highest BCUT2D eigenvalue weighted by atomic mass is 32.1. The molecule has 5 nitrogen and oxygen atoms in total. The highest BCUT2D eigenvalue weighted by Gasteiger charge is 2.14. The maximum absolute atomic E-state index is 12.5. The first-order valence-corrected chi connectivity index (χ1v) is 9.16. The number of pyridine rings is 1. The third kappa shape index (κ3) is 4.28. The van der Waals surface area contributed by atoms with Gasteiger partial charge in [-0.25, -0.2) is 0 Å². The average molecular weight is 352 g/mol. The lowest BCUT2D eigenvalue weighted by molar-refractivity contribution is 0.102. The van der Waals surface area contributed by atoms with Gasteiger partial charge in [-0.15, -0.1) is 10.2 Å². The molecule has 2 heterocycles. The van der Waals surface area contributed by atoms with Crippen molar-refractivity contribution < 1.29 is 4.79 Å². The normalized spacial score (nSPS) is 10.6. The summed E-state index contributed by atoms with van der Waals surface area (Å²) in [6.07, 6.45) is 3.09. The predicted molar refractivity (Wildman–Crippen MR) is 101 cm³/mol. The Kier molecular flexibility index (Phi) is 5.50. The van der Waals surface area contributed by atoms with E-state index in [2.05, 4.69) is 27.4 Å². The van der Waals surface area contributed by atoms with Crippen LogP contribution in [0.15, 0.2) is 42.5 Å². The predicted octanol–water partition coefficient (Wildman–Crippen LogP) is 4.50. The first-order chi connectivity index (χ1) is 12.2. The van der Waals surface area contributed by atoms with Gasteiger partial charge in [0.2, 0.25) is 5.13 Å². The summed E-state index contributed by atoms with van der Waals surface area (Å²) >= 11 is 1.43. The summed E-state index contributed by atoms with van der Waals surface area (Å²) in [6, 6.07) is 13.6. The first kappa shape index (κ1) is 17.2. The van der Waals surface area contributed by atoms with Crippen molar-refractivity contribution in [3.63, 3.8) is 0 Å². The van der Waals surface area contributed by atoms with Crippen molar-refractivity contribution in [2.75, 3.05) is 5.32 Å². The van der Waals surface area contributed by atoms with Crippen LogP contribution in [0, 0.1) is 6.92 Å². The van der Waals surface area contributed by atoms with Gasteiger partial charge >= 0.3 is 0 Å². The van der Waals surface area contributed by atoms with Crippen LogP contribution in [0.4, 0.5) is 5.13 Å². The van der Waals surface area contributed by atoms with Crippen LogP contribution in [0.25, 0.3) is 11.3 Å². The standard InChI is InChI=1S/C19H20N4OS/c1-3-4-10-17-22-23-19(25-17)21-18(24)15-11-12-16(20-13(15)2)14-8-6-5-7-9-14/h5-9,11-12H,3-4,10H2,1-2H3,(H,21,23,24). The Bertz CT molecular complexity index is 861. The number of hydrogen-bond donors (Lipinski definition) is 1. The molecule has 1 aromatic carbocycles. The Morgan fingerprint density at radius 1 is 1.12 bits per heavy atom. The van der Waals surface area contributed by atoms with Crippen LogP contribution in [-0.4, -0.2) is 21.1 Å². The summed E-state index contributed by atoms with van der Waals surface area (Å²) in [4.78, 5) is 17.1. The molecule has 25 heavy (non-hydrogen) atoms. The van der Waals surface area contributed by atoms with Gasteiger partial charge in [-0.3, -0.25) is 15.1 Å². The van der Waals surface area contributed by atoms with E-state index >= 15 is 0 Å².